The maximum absolute atomic E-state index is 11.2. The Labute approximate surface area is 81.9 Å². The van der Waals surface area contributed by atoms with Crippen molar-refractivity contribution in [2.24, 2.45) is 0 Å². The number of ether oxygens (including phenoxy) is 1. The van der Waals surface area contributed by atoms with E-state index in [9.17, 15) is 9.59 Å². The minimum absolute atomic E-state index is 0.354. The number of carbonyl (C=O) groups is 2. The van der Waals surface area contributed by atoms with Gasteiger partial charge in [-0.2, -0.15) is 0 Å². The number of anilines is 1. The summed E-state index contributed by atoms with van der Waals surface area (Å²) in [4.78, 5) is 21.3. The van der Waals surface area contributed by atoms with E-state index < -0.39 is 0 Å². The lowest BCUT2D eigenvalue weighted by Gasteiger charge is -2.02. The van der Waals surface area contributed by atoms with Gasteiger partial charge in [0.2, 0.25) is 6.41 Å². The molecule has 0 unspecified atom stereocenters. The summed E-state index contributed by atoms with van der Waals surface area (Å²) in [6.07, 6.45) is 0.583. The summed E-state index contributed by atoms with van der Waals surface area (Å²) in [7, 11) is 0. The molecule has 0 saturated heterocycles. The average Bonchev–Trinajstić information content (AvgIpc) is 2.20. The maximum atomic E-state index is 11.2. The molecule has 0 spiro atoms. The van der Waals surface area contributed by atoms with E-state index in [1.165, 1.54) is 0 Å². The maximum Gasteiger partial charge on any atom is 0.338 e. The highest BCUT2D eigenvalue weighted by Crippen LogP contribution is 2.09. The third-order valence-electron chi connectivity index (χ3n) is 1.62. The van der Waals surface area contributed by atoms with Crippen LogP contribution in [0.5, 0.6) is 0 Å². The zero-order chi connectivity index (χ0) is 10.4. The van der Waals surface area contributed by atoms with Crippen molar-refractivity contribution in [3.05, 3.63) is 29.8 Å². The predicted octanol–water partition coefficient (Wildman–Crippen LogP) is 1.43. The predicted molar refractivity (Wildman–Crippen MR) is 52.1 cm³/mol. The molecule has 0 fully saturated rings. The van der Waals surface area contributed by atoms with Gasteiger partial charge in [0, 0.05) is 5.69 Å². The molecule has 0 aliphatic carbocycles. The average molecular weight is 193 g/mol. The molecule has 14 heavy (non-hydrogen) atoms. The van der Waals surface area contributed by atoms with Crippen LogP contribution in [0, 0.1) is 0 Å². The number of carbonyl (C=O) groups excluding carboxylic acids is 2. The Balaban J connectivity index is 2.72. The highest BCUT2D eigenvalue weighted by molar-refractivity contribution is 5.90. The van der Waals surface area contributed by atoms with Crippen LogP contribution >= 0.6 is 0 Å². The Morgan fingerprint density at radius 1 is 1.43 bits per heavy atom. The van der Waals surface area contributed by atoms with E-state index in [2.05, 4.69) is 5.32 Å². The fourth-order valence-corrected chi connectivity index (χ4v) is 0.985. The largest absolute Gasteiger partial charge is 0.462 e. The Morgan fingerprint density at radius 2 is 2.07 bits per heavy atom. The summed E-state index contributed by atoms with van der Waals surface area (Å²) in [6, 6.07) is 6.48. The fraction of sp³-hybridized carbons (Fsp3) is 0.200. The SMILES string of the molecule is CCOC(=O)c1ccc(NC=O)cc1. The van der Waals surface area contributed by atoms with Gasteiger partial charge in [-0.25, -0.2) is 4.79 Å². The summed E-state index contributed by atoms with van der Waals surface area (Å²) in [5.41, 5.74) is 1.12. The van der Waals surface area contributed by atoms with Crippen molar-refractivity contribution in [3.8, 4) is 0 Å². The van der Waals surface area contributed by atoms with Crippen LogP contribution in [0.1, 0.15) is 17.3 Å². The second-order valence-electron chi connectivity index (χ2n) is 2.56. The highest BCUT2D eigenvalue weighted by atomic mass is 16.5. The minimum Gasteiger partial charge on any atom is -0.462 e. The molecule has 4 heteroatoms. The summed E-state index contributed by atoms with van der Waals surface area (Å²) in [5.74, 6) is -0.356. The van der Waals surface area contributed by atoms with Crippen molar-refractivity contribution in [2.45, 2.75) is 6.92 Å². The van der Waals surface area contributed by atoms with Crippen LogP contribution in [-0.2, 0) is 9.53 Å². The molecule has 0 heterocycles. The van der Waals surface area contributed by atoms with E-state index in [0.29, 0.717) is 24.3 Å². The number of nitrogens with one attached hydrogen (secondary N) is 1. The second-order valence-corrected chi connectivity index (χ2v) is 2.56. The van der Waals surface area contributed by atoms with Gasteiger partial charge in [0.05, 0.1) is 12.2 Å². The van der Waals surface area contributed by atoms with Crippen LogP contribution in [0.2, 0.25) is 0 Å². The fourth-order valence-electron chi connectivity index (χ4n) is 0.985. The molecule has 4 nitrogen and oxygen atoms in total. The lowest BCUT2D eigenvalue weighted by atomic mass is 10.2. The molecule has 0 aromatic heterocycles. The van der Waals surface area contributed by atoms with E-state index in [-0.39, 0.29) is 5.97 Å². The van der Waals surface area contributed by atoms with Crippen molar-refractivity contribution < 1.29 is 14.3 Å². The van der Waals surface area contributed by atoms with Crippen LogP contribution in [0.15, 0.2) is 24.3 Å². The first-order chi connectivity index (χ1) is 6.77. The van der Waals surface area contributed by atoms with Gasteiger partial charge in [-0.05, 0) is 31.2 Å². The van der Waals surface area contributed by atoms with E-state index in [0.717, 1.165) is 0 Å². The number of rotatable bonds is 4. The van der Waals surface area contributed by atoms with Gasteiger partial charge in [-0.15, -0.1) is 0 Å². The van der Waals surface area contributed by atoms with Gasteiger partial charge >= 0.3 is 5.97 Å². The summed E-state index contributed by atoms with van der Waals surface area (Å²) >= 11 is 0. The molecular formula is C10H11NO3. The Kier molecular flexibility index (Phi) is 3.67. The van der Waals surface area contributed by atoms with Crippen molar-refractivity contribution in [1.29, 1.82) is 0 Å². The first-order valence-corrected chi connectivity index (χ1v) is 4.25. The zero-order valence-corrected chi connectivity index (χ0v) is 7.82. The molecule has 0 radical (unpaired) electrons. The molecule has 0 aliphatic rings. The molecular weight excluding hydrogens is 182 g/mol. The van der Waals surface area contributed by atoms with E-state index >= 15 is 0 Å². The van der Waals surface area contributed by atoms with Crippen LogP contribution in [0.3, 0.4) is 0 Å². The number of hydrogen-bond donors (Lipinski definition) is 1. The van der Waals surface area contributed by atoms with Crippen LogP contribution in [0.4, 0.5) is 5.69 Å². The summed E-state index contributed by atoms with van der Waals surface area (Å²) in [6.45, 7) is 2.10. The lowest BCUT2D eigenvalue weighted by molar-refractivity contribution is -0.105. The number of amides is 1. The van der Waals surface area contributed by atoms with Gasteiger partial charge in [-0.1, -0.05) is 0 Å². The van der Waals surface area contributed by atoms with Gasteiger partial charge in [0.1, 0.15) is 0 Å². The quantitative estimate of drug-likeness (QED) is 0.581. The first-order valence-electron chi connectivity index (χ1n) is 4.25. The molecule has 1 amide bonds. The van der Waals surface area contributed by atoms with Gasteiger partial charge in [-0.3, -0.25) is 4.79 Å². The van der Waals surface area contributed by atoms with E-state index in [1.807, 2.05) is 0 Å². The molecule has 1 rings (SSSR count). The third kappa shape index (κ3) is 2.58. The topological polar surface area (TPSA) is 55.4 Å². The third-order valence-corrected chi connectivity index (χ3v) is 1.62. The first kappa shape index (κ1) is 10.2. The normalized spacial score (nSPS) is 9.21. The van der Waals surface area contributed by atoms with Gasteiger partial charge < -0.3 is 10.1 Å². The Morgan fingerprint density at radius 3 is 2.57 bits per heavy atom. The van der Waals surface area contributed by atoms with E-state index in [1.54, 1.807) is 31.2 Å². The van der Waals surface area contributed by atoms with Crippen molar-refractivity contribution in [1.82, 2.24) is 0 Å². The molecule has 0 saturated carbocycles. The second kappa shape index (κ2) is 5.01. The van der Waals surface area contributed by atoms with Gasteiger partial charge in [0.25, 0.3) is 0 Å². The van der Waals surface area contributed by atoms with Crippen molar-refractivity contribution in [3.63, 3.8) is 0 Å². The Bertz CT molecular complexity index is 319. The number of hydrogen-bond acceptors (Lipinski definition) is 3. The molecule has 1 aromatic rings. The lowest BCUT2D eigenvalue weighted by Crippen LogP contribution is -2.04. The smallest absolute Gasteiger partial charge is 0.338 e. The minimum atomic E-state index is -0.356. The monoisotopic (exact) mass is 193 g/mol. The molecule has 0 bridgehead atoms. The standard InChI is InChI=1S/C10H11NO3/c1-2-14-10(13)8-3-5-9(6-4-8)11-7-12/h3-7H,2H2,1H3,(H,11,12). The zero-order valence-electron chi connectivity index (χ0n) is 7.82. The summed E-state index contributed by atoms with van der Waals surface area (Å²) < 4.78 is 4.80. The summed E-state index contributed by atoms with van der Waals surface area (Å²) in [5, 5.41) is 2.47. The highest BCUT2D eigenvalue weighted by Gasteiger charge is 2.04. The van der Waals surface area contributed by atoms with E-state index in [4.69, 9.17) is 4.74 Å². The van der Waals surface area contributed by atoms with Crippen LogP contribution in [-0.4, -0.2) is 19.0 Å². The molecule has 1 aromatic carbocycles. The number of benzene rings is 1. The molecule has 74 valence electrons. The van der Waals surface area contributed by atoms with Crippen LogP contribution in [0.25, 0.3) is 0 Å². The van der Waals surface area contributed by atoms with Gasteiger partial charge in [0.15, 0.2) is 0 Å². The number of esters is 1. The van der Waals surface area contributed by atoms with Crippen molar-refractivity contribution in [2.75, 3.05) is 11.9 Å². The molecule has 0 atom stereocenters. The molecule has 1 N–H and O–H groups in total. The van der Waals surface area contributed by atoms with Crippen molar-refractivity contribution >= 4 is 18.1 Å². The van der Waals surface area contributed by atoms with Crippen LogP contribution < -0.4 is 5.32 Å². The molecule has 0 aliphatic heterocycles. The Hall–Kier alpha value is -1.84.